The summed E-state index contributed by atoms with van der Waals surface area (Å²) < 4.78 is 0. The third-order valence-corrected chi connectivity index (χ3v) is 4.39. The van der Waals surface area contributed by atoms with Crippen molar-refractivity contribution in [2.24, 2.45) is 0 Å². The molecule has 0 fully saturated rings. The van der Waals surface area contributed by atoms with Crippen LogP contribution in [0.15, 0.2) is 48.7 Å². The number of amides is 2. The molecule has 1 atom stereocenters. The molecule has 0 saturated carbocycles. The fourth-order valence-electron chi connectivity index (χ4n) is 3.19. The van der Waals surface area contributed by atoms with E-state index in [1.165, 1.54) is 5.56 Å². The summed E-state index contributed by atoms with van der Waals surface area (Å²) >= 11 is 0. The molecule has 0 aliphatic carbocycles. The predicted octanol–water partition coefficient (Wildman–Crippen LogP) is 2.23. The Labute approximate surface area is 141 Å². The van der Waals surface area contributed by atoms with Crippen LogP contribution in [0, 0.1) is 0 Å². The first-order valence-corrected chi connectivity index (χ1v) is 8.17. The van der Waals surface area contributed by atoms with Gasteiger partial charge in [-0.2, -0.15) is 0 Å². The van der Waals surface area contributed by atoms with Crippen molar-refractivity contribution in [3.63, 3.8) is 0 Å². The van der Waals surface area contributed by atoms with Gasteiger partial charge in [0, 0.05) is 19.7 Å². The molecule has 1 N–H and O–H groups in total. The maximum absolute atomic E-state index is 12.4. The zero-order chi connectivity index (χ0) is 16.9. The van der Waals surface area contributed by atoms with Crippen LogP contribution in [0.2, 0.25) is 0 Å². The molecule has 1 unspecified atom stereocenters. The maximum atomic E-state index is 12.4. The largest absolute Gasteiger partial charge is 0.350 e. The van der Waals surface area contributed by atoms with Gasteiger partial charge in [0.15, 0.2) is 0 Å². The number of aromatic nitrogens is 1. The zero-order valence-electron chi connectivity index (χ0n) is 13.7. The van der Waals surface area contributed by atoms with Crippen molar-refractivity contribution in [1.29, 1.82) is 0 Å². The molecule has 124 valence electrons. The minimum absolute atomic E-state index is 0.00651. The molecule has 1 aromatic carbocycles. The molecule has 1 aliphatic rings. The van der Waals surface area contributed by atoms with Crippen LogP contribution < -0.4 is 5.32 Å². The van der Waals surface area contributed by atoms with Crippen LogP contribution in [0.4, 0.5) is 0 Å². The summed E-state index contributed by atoms with van der Waals surface area (Å²) in [5.41, 5.74) is 3.11. The molecule has 5 nitrogen and oxygen atoms in total. The average Bonchev–Trinajstić information content (AvgIpc) is 2.61. The number of hydrogen-bond acceptors (Lipinski definition) is 3. The number of fused-ring (bicyclic) bond motifs is 1. The lowest BCUT2D eigenvalue weighted by Gasteiger charge is -2.36. The van der Waals surface area contributed by atoms with E-state index in [-0.39, 0.29) is 24.3 Å². The second-order valence-corrected chi connectivity index (χ2v) is 5.98. The van der Waals surface area contributed by atoms with Gasteiger partial charge in [-0.3, -0.25) is 14.6 Å². The number of rotatable bonds is 4. The lowest BCUT2D eigenvalue weighted by molar-refractivity contribution is -0.133. The van der Waals surface area contributed by atoms with Crippen molar-refractivity contribution in [2.75, 3.05) is 6.54 Å². The van der Waals surface area contributed by atoms with Crippen molar-refractivity contribution in [1.82, 2.24) is 15.2 Å². The summed E-state index contributed by atoms with van der Waals surface area (Å²) in [6.45, 7) is 2.62. The van der Waals surface area contributed by atoms with Gasteiger partial charge < -0.3 is 10.2 Å². The highest BCUT2D eigenvalue weighted by molar-refractivity contribution is 5.79. The second-order valence-electron chi connectivity index (χ2n) is 5.98. The monoisotopic (exact) mass is 323 g/mol. The Morgan fingerprint density at radius 1 is 1.21 bits per heavy atom. The molecule has 0 spiro atoms. The Balaban J connectivity index is 1.71. The van der Waals surface area contributed by atoms with Crippen molar-refractivity contribution in [3.05, 3.63) is 65.5 Å². The first kappa shape index (κ1) is 16.2. The van der Waals surface area contributed by atoms with Gasteiger partial charge in [0.25, 0.3) is 0 Å². The Morgan fingerprint density at radius 3 is 2.75 bits per heavy atom. The van der Waals surface area contributed by atoms with Crippen LogP contribution in [0.3, 0.4) is 0 Å². The number of benzene rings is 1. The highest BCUT2D eigenvalue weighted by atomic mass is 16.2. The summed E-state index contributed by atoms with van der Waals surface area (Å²) in [6, 6.07) is 13.5. The fraction of sp³-hybridized carbons (Fsp3) is 0.316. The van der Waals surface area contributed by atoms with Gasteiger partial charge in [-0.25, -0.2) is 0 Å². The minimum Gasteiger partial charge on any atom is -0.350 e. The van der Waals surface area contributed by atoms with E-state index in [0.29, 0.717) is 13.1 Å². The van der Waals surface area contributed by atoms with Crippen LogP contribution in [-0.4, -0.2) is 28.2 Å². The fourth-order valence-corrected chi connectivity index (χ4v) is 3.19. The molecule has 1 aliphatic heterocycles. The Hall–Kier alpha value is -2.69. The molecule has 3 rings (SSSR count). The minimum atomic E-state index is -0.198. The zero-order valence-corrected chi connectivity index (χ0v) is 13.7. The summed E-state index contributed by atoms with van der Waals surface area (Å²) in [5, 5.41) is 2.90. The van der Waals surface area contributed by atoms with Gasteiger partial charge >= 0.3 is 0 Å². The standard InChI is InChI=1S/C19H21N3O2/c1-14(23)22-11-9-15-6-2-3-8-17(15)18(22)12-19(24)21-13-16-7-4-5-10-20-16/h2-8,10,18H,9,11-13H2,1H3,(H,21,24). The van der Waals surface area contributed by atoms with Crippen LogP contribution in [0.1, 0.15) is 36.2 Å². The third kappa shape index (κ3) is 3.62. The molecule has 1 aromatic heterocycles. The van der Waals surface area contributed by atoms with Gasteiger partial charge in [0.05, 0.1) is 24.7 Å². The van der Waals surface area contributed by atoms with Crippen molar-refractivity contribution < 1.29 is 9.59 Å². The smallest absolute Gasteiger partial charge is 0.222 e. The van der Waals surface area contributed by atoms with E-state index in [0.717, 1.165) is 17.7 Å². The highest BCUT2D eigenvalue weighted by Gasteiger charge is 2.30. The summed E-state index contributed by atoms with van der Waals surface area (Å²) in [5.74, 6) is -0.0689. The van der Waals surface area contributed by atoms with Gasteiger partial charge in [-0.1, -0.05) is 30.3 Å². The molecule has 2 heterocycles. The van der Waals surface area contributed by atoms with Crippen LogP contribution in [0.25, 0.3) is 0 Å². The number of nitrogens with zero attached hydrogens (tertiary/aromatic N) is 2. The molecule has 0 bridgehead atoms. The topological polar surface area (TPSA) is 62.3 Å². The van der Waals surface area contributed by atoms with Crippen LogP contribution in [0.5, 0.6) is 0 Å². The molecule has 5 heteroatoms. The van der Waals surface area contributed by atoms with Gasteiger partial charge in [0.2, 0.25) is 11.8 Å². The number of pyridine rings is 1. The highest BCUT2D eigenvalue weighted by Crippen LogP contribution is 2.32. The lowest BCUT2D eigenvalue weighted by atomic mass is 9.90. The van der Waals surface area contributed by atoms with E-state index in [2.05, 4.69) is 16.4 Å². The van der Waals surface area contributed by atoms with Gasteiger partial charge in [-0.15, -0.1) is 0 Å². The lowest BCUT2D eigenvalue weighted by Crippen LogP contribution is -2.41. The van der Waals surface area contributed by atoms with E-state index in [1.807, 2.05) is 36.4 Å². The molecular weight excluding hydrogens is 302 g/mol. The first-order valence-electron chi connectivity index (χ1n) is 8.17. The Kier molecular flexibility index (Phi) is 4.89. The Morgan fingerprint density at radius 2 is 2.00 bits per heavy atom. The third-order valence-electron chi connectivity index (χ3n) is 4.39. The molecule has 0 saturated heterocycles. The molecule has 0 radical (unpaired) electrons. The molecular formula is C19H21N3O2. The average molecular weight is 323 g/mol. The van der Waals surface area contributed by atoms with Crippen LogP contribution >= 0.6 is 0 Å². The number of nitrogens with one attached hydrogen (secondary N) is 1. The molecule has 2 amide bonds. The second kappa shape index (κ2) is 7.25. The van der Waals surface area contributed by atoms with Crippen LogP contribution in [-0.2, 0) is 22.6 Å². The predicted molar refractivity (Wildman–Crippen MR) is 91.0 cm³/mol. The summed E-state index contributed by atoms with van der Waals surface area (Å²) in [4.78, 5) is 30.3. The van der Waals surface area contributed by atoms with Crippen molar-refractivity contribution in [2.45, 2.75) is 32.4 Å². The maximum Gasteiger partial charge on any atom is 0.222 e. The van der Waals surface area contributed by atoms with E-state index in [1.54, 1.807) is 18.0 Å². The molecule has 24 heavy (non-hydrogen) atoms. The first-order chi connectivity index (χ1) is 11.6. The SMILES string of the molecule is CC(=O)N1CCc2ccccc2C1CC(=O)NCc1ccccn1. The van der Waals surface area contributed by atoms with E-state index in [9.17, 15) is 9.59 Å². The van der Waals surface area contributed by atoms with E-state index >= 15 is 0 Å². The van der Waals surface area contributed by atoms with Gasteiger partial charge in [-0.05, 0) is 29.7 Å². The summed E-state index contributed by atoms with van der Waals surface area (Å²) in [6.07, 6.45) is 2.81. The number of carbonyl (C=O) groups excluding carboxylic acids is 2. The number of carbonyl (C=O) groups is 2. The van der Waals surface area contributed by atoms with Crippen molar-refractivity contribution in [3.8, 4) is 0 Å². The van der Waals surface area contributed by atoms with Crippen molar-refractivity contribution >= 4 is 11.8 Å². The normalized spacial score (nSPS) is 16.4. The molecule has 2 aromatic rings. The van der Waals surface area contributed by atoms with E-state index < -0.39 is 0 Å². The van der Waals surface area contributed by atoms with Gasteiger partial charge in [0.1, 0.15) is 0 Å². The quantitative estimate of drug-likeness (QED) is 0.938. The number of hydrogen-bond donors (Lipinski definition) is 1. The Bertz CT molecular complexity index is 730. The van der Waals surface area contributed by atoms with E-state index in [4.69, 9.17) is 0 Å². The summed E-state index contributed by atoms with van der Waals surface area (Å²) in [7, 11) is 0.